The Hall–Kier alpha value is -5.61. The third kappa shape index (κ3) is 7.76. The fourth-order valence-corrected chi connectivity index (χ4v) is 6.76. The summed E-state index contributed by atoms with van der Waals surface area (Å²) < 4.78 is 18.7. The first-order valence-electron chi connectivity index (χ1n) is 17.5. The van der Waals surface area contributed by atoms with Gasteiger partial charge in [0.25, 0.3) is 11.5 Å². The van der Waals surface area contributed by atoms with Crippen LogP contribution in [0, 0.1) is 0 Å². The summed E-state index contributed by atoms with van der Waals surface area (Å²) in [6, 6.07) is 29.1. The molecule has 1 aromatic heterocycles. The van der Waals surface area contributed by atoms with Gasteiger partial charge in [-0.05, 0) is 96.8 Å². The monoisotopic (exact) mass is 685 g/mol. The molecule has 10 heteroatoms. The van der Waals surface area contributed by atoms with Crippen molar-refractivity contribution in [3.8, 4) is 17.2 Å². The van der Waals surface area contributed by atoms with Crippen LogP contribution >= 0.6 is 0 Å². The van der Waals surface area contributed by atoms with Crippen molar-refractivity contribution in [1.29, 1.82) is 0 Å². The molecule has 0 spiro atoms. The van der Waals surface area contributed by atoms with Crippen molar-refractivity contribution in [3.05, 3.63) is 124 Å². The Bertz CT molecular complexity index is 2090. The molecule has 1 saturated heterocycles. The molecule has 51 heavy (non-hydrogen) atoms. The number of hydrogen-bond donors (Lipinski definition) is 1. The van der Waals surface area contributed by atoms with Crippen LogP contribution in [0.25, 0.3) is 22.6 Å². The first-order chi connectivity index (χ1) is 25.0. The second kappa shape index (κ2) is 15.5. The highest BCUT2D eigenvalue weighted by atomic mass is 16.5. The molecular weight excluding hydrogens is 642 g/mol. The predicted molar refractivity (Wildman–Crippen MR) is 201 cm³/mol. The fourth-order valence-electron chi connectivity index (χ4n) is 6.76. The number of nitrogens with zero attached hydrogens (tertiary/aromatic N) is 4. The fraction of sp³-hybridized carbons (Fsp3) is 0.293. The minimum atomic E-state index is -0.166. The lowest BCUT2D eigenvalue weighted by molar-refractivity contribution is 0.0951. The van der Waals surface area contributed by atoms with E-state index in [-0.39, 0.29) is 11.5 Å². The number of piperazine rings is 1. The summed E-state index contributed by atoms with van der Waals surface area (Å²) in [5.41, 5.74) is 5.06. The van der Waals surface area contributed by atoms with Crippen LogP contribution in [-0.2, 0) is 13.2 Å². The van der Waals surface area contributed by atoms with E-state index < -0.39 is 0 Å². The van der Waals surface area contributed by atoms with E-state index in [2.05, 4.69) is 27.2 Å². The number of carbonyl (C=O) groups is 1. The summed E-state index contributed by atoms with van der Waals surface area (Å²) in [5, 5.41) is 3.57. The average Bonchev–Trinajstić information content (AvgIpc) is 3.58. The first kappa shape index (κ1) is 33.9. The first-order valence-corrected chi connectivity index (χ1v) is 17.5. The second-order valence-corrected chi connectivity index (χ2v) is 12.9. The standard InChI is InChI=1S/C41H43N5O5/c1-49-34-13-11-33(12-14-34)45-23-21-44(22-24-45)19-6-18-42-40(47)32-10-15-35-36(27-32)43-39-31(17-20-46(39)41(35)48)25-30-9-16-37(50-2)38(26-30)51-28-29-7-4-3-5-8-29/h3-5,7-16,25-27H,6,17-24,28H2,1-2H3,(H,42,47)/b31-25+. The minimum Gasteiger partial charge on any atom is -0.497 e. The van der Waals surface area contributed by atoms with Gasteiger partial charge in [0.05, 0.1) is 25.1 Å². The molecule has 3 heterocycles. The van der Waals surface area contributed by atoms with Crippen LogP contribution in [0.1, 0.15) is 40.2 Å². The number of methoxy groups -OCH3 is 2. The molecule has 2 aliphatic heterocycles. The van der Waals surface area contributed by atoms with Crippen molar-refractivity contribution in [2.75, 3.05) is 58.4 Å². The summed E-state index contributed by atoms with van der Waals surface area (Å²) in [4.78, 5) is 36.4. The summed E-state index contributed by atoms with van der Waals surface area (Å²) >= 11 is 0. The largest absolute Gasteiger partial charge is 0.497 e. The number of anilines is 1. The molecule has 262 valence electrons. The van der Waals surface area contributed by atoms with Gasteiger partial charge in [-0.1, -0.05) is 36.4 Å². The van der Waals surface area contributed by atoms with Crippen LogP contribution in [0.4, 0.5) is 5.69 Å². The van der Waals surface area contributed by atoms with E-state index in [4.69, 9.17) is 19.2 Å². The number of carbonyl (C=O) groups excluding carboxylic acids is 1. The highest BCUT2D eigenvalue weighted by Gasteiger charge is 2.22. The van der Waals surface area contributed by atoms with Gasteiger partial charge in [0, 0.05) is 50.5 Å². The summed E-state index contributed by atoms with van der Waals surface area (Å²) in [6.45, 7) is 6.35. The highest BCUT2D eigenvalue weighted by molar-refractivity contribution is 5.98. The van der Waals surface area contributed by atoms with E-state index in [9.17, 15) is 9.59 Å². The molecule has 0 unspecified atom stereocenters. The Morgan fingerprint density at radius 2 is 1.67 bits per heavy atom. The van der Waals surface area contributed by atoms with Crippen LogP contribution in [0.2, 0.25) is 0 Å². The Morgan fingerprint density at radius 1 is 0.863 bits per heavy atom. The molecule has 0 aliphatic carbocycles. The molecule has 10 nitrogen and oxygen atoms in total. The van der Waals surface area contributed by atoms with Gasteiger partial charge in [-0.15, -0.1) is 0 Å². The molecule has 5 aromatic rings. The van der Waals surface area contributed by atoms with Gasteiger partial charge in [0.1, 0.15) is 18.2 Å². The maximum absolute atomic E-state index is 13.5. The van der Waals surface area contributed by atoms with E-state index in [0.29, 0.717) is 59.9 Å². The zero-order valence-electron chi connectivity index (χ0n) is 29.1. The number of amides is 1. The second-order valence-electron chi connectivity index (χ2n) is 12.9. The van der Waals surface area contributed by atoms with E-state index >= 15 is 0 Å². The maximum atomic E-state index is 13.5. The van der Waals surface area contributed by atoms with Crippen molar-refractivity contribution >= 4 is 34.1 Å². The number of ether oxygens (including phenoxy) is 3. The summed E-state index contributed by atoms with van der Waals surface area (Å²) in [5.74, 6) is 2.61. The van der Waals surface area contributed by atoms with Gasteiger partial charge >= 0.3 is 0 Å². The molecule has 2 aliphatic rings. The van der Waals surface area contributed by atoms with E-state index in [1.807, 2.05) is 66.7 Å². The van der Waals surface area contributed by atoms with E-state index in [1.54, 1.807) is 37.0 Å². The molecule has 0 radical (unpaired) electrons. The van der Waals surface area contributed by atoms with E-state index in [0.717, 1.165) is 61.6 Å². The number of rotatable bonds is 12. The highest BCUT2D eigenvalue weighted by Crippen LogP contribution is 2.33. The van der Waals surface area contributed by atoms with Crippen molar-refractivity contribution in [1.82, 2.24) is 19.8 Å². The van der Waals surface area contributed by atoms with Crippen LogP contribution < -0.4 is 30.0 Å². The number of aromatic nitrogens is 2. The maximum Gasteiger partial charge on any atom is 0.261 e. The van der Waals surface area contributed by atoms with E-state index in [1.165, 1.54) is 5.69 Å². The van der Waals surface area contributed by atoms with Crippen LogP contribution in [0.5, 0.6) is 17.2 Å². The Morgan fingerprint density at radius 3 is 2.43 bits per heavy atom. The van der Waals surface area contributed by atoms with Gasteiger partial charge in [0.15, 0.2) is 11.5 Å². The van der Waals surface area contributed by atoms with Gasteiger partial charge in [-0.3, -0.25) is 19.1 Å². The van der Waals surface area contributed by atoms with Gasteiger partial charge in [0.2, 0.25) is 0 Å². The van der Waals surface area contributed by atoms with Crippen molar-refractivity contribution in [3.63, 3.8) is 0 Å². The molecule has 1 fully saturated rings. The molecule has 4 aromatic carbocycles. The molecule has 7 rings (SSSR count). The van der Waals surface area contributed by atoms with Gasteiger partial charge in [-0.25, -0.2) is 4.98 Å². The van der Waals surface area contributed by atoms with Crippen molar-refractivity contribution < 1.29 is 19.0 Å². The Balaban J connectivity index is 0.975. The SMILES string of the molecule is COc1ccc(N2CCN(CCCNC(=O)c3ccc4c(=O)n5c(nc4c3)/C(=C/c3ccc(OC)c(OCc4ccccc4)c3)CC5)CC2)cc1. The molecule has 0 saturated carbocycles. The van der Waals surface area contributed by atoms with Gasteiger partial charge in [-0.2, -0.15) is 0 Å². The Labute approximate surface area is 297 Å². The normalized spacial score (nSPS) is 15.2. The lowest BCUT2D eigenvalue weighted by Gasteiger charge is -2.36. The van der Waals surface area contributed by atoms with Crippen LogP contribution in [0.15, 0.2) is 95.8 Å². The molecule has 0 atom stereocenters. The topological polar surface area (TPSA) is 98.2 Å². The quantitative estimate of drug-likeness (QED) is 0.163. The zero-order chi connectivity index (χ0) is 35.2. The summed E-state index contributed by atoms with van der Waals surface area (Å²) in [7, 11) is 3.31. The molecule has 1 amide bonds. The number of hydrogen-bond acceptors (Lipinski definition) is 8. The van der Waals surface area contributed by atoms with Crippen LogP contribution in [-0.4, -0.2) is 73.8 Å². The molecule has 1 N–H and O–H groups in total. The lowest BCUT2D eigenvalue weighted by atomic mass is 10.1. The third-order valence-electron chi connectivity index (χ3n) is 9.62. The number of nitrogens with one attached hydrogen (secondary N) is 1. The number of fused-ring (bicyclic) bond motifs is 2. The minimum absolute atomic E-state index is 0.0981. The number of allylic oxidation sites excluding steroid dienone is 1. The smallest absolute Gasteiger partial charge is 0.261 e. The predicted octanol–water partition coefficient (Wildman–Crippen LogP) is 5.88. The molecule has 0 bridgehead atoms. The van der Waals surface area contributed by atoms with Gasteiger partial charge < -0.3 is 24.4 Å². The van der Waals surface area contributed by atoms with Crippen molar-refractivity contribution in [2.24, 2.45) is 0 Å². The average molecular weight is 686 g/mol. The van der Waals surface area contributed by atoms with Crippen molar-refractivity contribution in [2.45, 2.75) is 26.0 Å². The zero-order valence-corrected chi connectivity index (χ0v) is 29.1. The number of benzene rings is 4. The third-order valence-corrected chi connectivity index (χ3v) is 9.62. The van der Waals surface area contributed by atoms with Crippen LogP contribution in [0.3, 0.4) is 0 Å². The molecular formula is C41H43N5O5. The lowest BCUT2D eigenvalue weighted by Crippen LogP contribution is -2.47. The Kier molecular flexibility index (Phi) is 10.3. The summed E-state index contributed by atoms with van der Waals surface area (Å²) in [6.07, 6.45) is 3.57.